The fourth-order valence-electron chi connectivity index (χ4n) is 2.15. The highest BCUT2D eigenvalue weighted by atomic mass is 16.2. The Morgan fingerprint density at radius 1 is 1.38 bits per heavy atom. The summed E-state index contributed by atoms with van der Waals surface area (Å²) in [6.07, 6.45) is 2.93. The van der Waals surface area contributed by atoms with Crippen molar-refractivity contribution in [3.8, 4) is 0 Å². The molecule has 1 unspecified atom stereocenters. The molecule has 0 aliphatic carbocycles. The van der Waals surface area contributed by atoms with E-state index in [0.717, 1.165) is 43.5 Å². The predicted molar refractivity (Wildman–Crippen MR) is 52.8 cm³/mol. The quantitative estimate of drug-likeness (QED) is 0.606. The summed E-state index contributed by atoms with van der Waals surface area (Å²) in [7, 11) is 2.17. The first-order valence-corrected chi connectivity index (χ1v) is 5.29. The summed E-state index contributed by atoms with van der Waals surface area (Å²) in [6.45, 7) is 7.30. The lowest BCUT2D eigenvalue weighted by Gasteiger charge is -2.36. The molecule has 0 radical (unpaired) electrons. The van der Waals surface area contributed by atoms with Gasteiger partial charge in [0.2, 0.25) is 0 Å². The van der Waals surface area contributed by atoms with E-state index in [-0.39, 0.29) is 0 Å². The first-order chi connectivity index (χ1) is 6.14. The van der Waals surface area contributed by atoms with Gasteiger partial charge in [-0.1, -0.05) is 13.8 Å². The Morgan fingerprint density at radius 3 is 2.62 bits per heavy atom. The standard InChI is InChI=1S/C10H21N2O/c1-4-7-11-10(13)6-9-12(11,3)8-5-2/h4-9H2,1-3H3/q+1. The molecule has 0 spiro atoms. The zero-order valence-electron chi connectivity index (χ0n) is 9.05. The van der Waals surface area contributed by atoms with E-state index in [4.69, 9.17) is 0 Å². The number of hydrogen-bond donors (Lipinski definition) is 0. The minimum absolute atomic E-state index is 0.331. The number of carbonyl (C=O) groups excluding carboxylic acids is 1. The Kier molecular flexibility index (Phi) is 3.31. The van der Waals surface area contributed by atoms with Crippen LogP contribution < -0.4 is 0 Å². The van der Waals surface area contributed by atoms with Crippen molar-refractivity contribution in [2.24, 2.45) is 0 Å². The number of quaternary nitrogens is 1. The fourth-order valence-corrected chi connectivity index (χ4v) is 2.15. The summed E-state index contributed by atoms with van der Waals surface area (Å²) in [6, 6.07) is 0. The van der Waals surface area contributed by atoms with E-state index < -0.39 is 0 Å². The van der Waals surface area contributed by atoms with Gasteiger partial charge in [0.25, 0.3) is 5.91 Å². The molecule has 0 saturated carbocycles. The molecule has 1 heterocycles. The molecular formula is C10H21N2O+. The fraction of sp³-hybridized carbons (Fsp3) is 0.900. The van der Waals surface area contributed by atoms with Crippen molar-refractivity contribution >= 4 is 5.91 Å². The van der Waals surface area contributed by atoms with E-state index in [1.54, 1.807) is 0 Å². The van der Waals surface area contributed by atoms with Crippen LogP contribution in [0.5, 0.6) is 0 Å². The summed E-state index contributed by atoms with van der Waals surface area (Å²) >= 11 is 0. The highest BCUT2D eigenvalue weighted by Gasteiger charge is 2.40. The van der Waals surface area contributed by atoms with Crippen molar-refractivity contribution in [3.63, 3.8) is 0 Å². The number of amides is 1. The largest absolute Gasteiger partial charge is 0.273 e. The first-order valence-electron chi connectivity index (χ1n) is 5.29. The van der Waals surface area contributed by atoms with E-state index in [1.807, 2.05) is 5.01 Å². The molecule has 0 aromatic rings. The minimum atomic E-state index is 0.331. The number of rotatable bonds is 4. The zero-order valence-corrected chi connectivity index (χ0v) is 9.05. The Bertz CT molecular complexity index is 193. The second-order valence-corrected chi connectivity index (χ2v) is 4.05. The van der Waals surface area contributed by atoms with Gasteiger partial charge < -0.3 is 0 Å². The van der Waals surface area contributed by atoms with Gasteiger partial charge >= 0.3 is 0 Å². The summed E-state index contributed by atoms with van der Waals surface area (Å²) in [5.74, 6) is 0.331. The molecule has 76 valence electrons. The van der Waals surface area contributed by atoms with Crippen molar-refractivity contribution in [3.05, 3.63) is 0 Å². The van der Waals surface area contributed by atoms with Crippen LogP contribution in [0, 0.1) is 0 Å². The SMILES string of the molecule is CCCN1C(=O)CC[N+]1(C)CCC. The number of hydrogen-bond acceptors (Lipinski definition) is 1. The van der Waals surface area contributed by atoms with E-state index in [9.17, 15) is 4.79 Å². The molecule has 0 aromatic carbocycles. The van der Waals surface area contributed by atoms with Crippen molar-refractivity contribution in [1.82, 2.24) is 5.01 Å². The molecular weight excluding hydrogens is 164 g/mol. The highest BCUT2D eigenvalue weighted by molar-refractivity contribution is 5.76. The van der Waals surface area contributed by atoms with Gasteiger partial charge in [0.05, 0.1) is 20.0 Å². The molecule has 1 atom stereocenters. The smallest absolute Gasteiger partial charge is 0.269 e. The van der Waals surface area contributed by atoms with Gasteiger partial charge in [-0.2, -0.15) is 5.01 Å². The van der Waals surface area contributed by atoms with Gasteiger partial charge in [0.1, 0.15) is 13.1 Å². The summed E-state index contributed by atoms with van der Waals surface area (Å²) in [5, 5.41) is 2.03. The molecule has 1 fully saturated rings. The van der Waals surface area contributed by atoms with Gasteiger partial charge in [-0.15, -0.1) is 0 Å². The molecule has 1 saturated heterocycles. The van der Waals surface area contributed by atoms with Crippen LogP contribution in [0.15, 0.2) is 0 Å². The third-order valence-electron chi connectivity index (χ3n) is 2.82. The maximum absolute atomic E-state index is 11.6. The third kappa shape index (κ3) is 2.02. The topological polar surface area (TPSA) is 20.3 Å². The van der Waals surface area contributed by atoms with Crippen LogP contribution in [0.3, 0.4) is 0 Å². The Labute approximate surface area is 80.9 Å². The lowest BCUT2D eigenvalue weighted by Crippen LogP contribution is -2.54. The first kappa shape index (κ1) is 10.5. The normalized spacial score (nSPS) is 28.5. The Hall–Kier alpha value is -0.570. The van der Waals surface area contributed by atoms with Crippen molar-refractivity contribution < 1.29 is 9.39 Å². The molecule has 0 bridgehead atoms. The molecule has 1 amide bonds. The lowest BCUT2D eigenvalue weighted by atomic mass is 10.4. The van der Waals surface area contributed by atoms with E-state index in [1.165, 1.54) is 0 Å². The zero-order chi connectivity index (χ0) is 9.90. The monoisotopic (exact) mass is 185 g/mol. The summed E-state index contributed by atoms with van der Waals surface area (Å²) in [5.41, 5.74) is 0. The summed E-state index contributed by atoms with van der Waals surface area (Å²) < 4.78 is 0.836. The molecule has 1 rings (SSSR count). The predicted octanol–water partition coefficient (Wildman–Crippen LogP) is 1.40. The summed E-state index contributed by atoms with van der Waals surface area (Å²) in [4.78, 5) is 11.6. The molecule has 1 aliphatic rings. The highest BCUT2D eigenvalue weighted by Crippen LogP contribution is 2.20. The second kappa shape index (κ2) is 4.09. The maximum atomic E-state index is 11.6. The van der Waals surface area contributed by atoms with Crippen LogP contribution >= 0.6 is 0 Å². The van der Waals surface area contributed by atoms with Gasteiger partial charge in [0.15, 0.2) is 0 Å². The van der Waals surface area contributed by atoms with Crippen LogP contribution in [0.4, 0.5) is 0 Å². The van der Waals surface area contributed by atoms with Crippen LogP contribution in [-0.4, -0.2) is 42.2 Å². The van der Waals surface area contributed by atoms with Crippen molar-refractivity contribution in [2.45, 2.75) is 33.1 Å². The minimum Gasteiger partial charge on any atom is -0.269 e. The second-order valence-electron chi connectivity index (χ2n) is 4.05. The van der Waals surface area contributed by atoms with Crippen LogP contribution in [0.2, 0.25) is 0 Å². The number of carbonyl (C=O) groups is 1. The van der Waals surface area contributed by atoms with Gasteiger partial charge in [-0.3, -0.25) is 4.79 Å². The molecule has 13 heavy (non-hydrogen) atoms. The number of nitrogens with zero attached hydrogens (tertiary/aromatic N) is 2. The van der Waals surface area contributed by atoms with E-state index >= 15 is 0 Å². The molecule has 0 aromatic heterocycles. The van der Waals surface area contributed by atoms with Crippen LogP contribution in [0.25, 0.3) is 0 Å². The maximum Gasteiger partial charge on any atom is 0.273 e. The van der Waals surface area contributed by atoms with E-state index in [0.29, 0.717) is 5.91 Å². The Balaban J connectivity index is 2.67. The molecule has 3 heteroatoms. The van der Waals surface area contributed by atoms with Gasteiger partial charge in [0, 0.05) is 0 Å². The van der Waals surface area contributed by atoms with Crippen molar-refractivity contribution in [2.75, 3.05) is 26.7 Å². The average molecular weight is 185 g/mol. The third-order valence-corrected chi connectivity index (χ3v) is 2.82. The molecule has 3 nitrogen and oxygen atoms in total. The van der Waals surface area contributed by atoms with Gasteiger partial charge in [-0.05, 0) is 12.8 Å². The lowest BCUT2D eigenvalue weighted by molar-refractivity contribution is -0.997. The molecule has 1 aliphatic heterocycles. The van der Waals surface area contributed by atoms with Gasteiger partial charge in [-0.25, -0.2) is 4.59 Å². The van der Waals surface area contributed by atoms with Crippen molar-refractivity contribution in [1.29, 1.82) is 0 Å². The van der Waals surface area contributed by atoms with Crippen LogP contribution in [-0.2, 0) is 4.79 Å². The van der Waals surface area contributed by atoms with Crippen LogP contribution in [0.1, 0.15) is 33.1 Å². The molecule has 0 N–H and O–H groups in total. The average Bonchev–Trinajstić information content (AvgIpc) is 2.34. The van der Waals surface area contributed by atoms with E-state index in [2.05, 4.69) is 20.9 Å². The Morgan fingerprint density at radius 2 is 2.08 bits per heavy atom.